The van der Waals surface area contributed by atoms with Crippen LogP contribution in [-0.2, 0) is 5.41 Å². The number of hydrogen-bond donors (Lipinski definition) is 1. The minimum Gasteiger partial charge on any atom is -0.440 e. The van der Waals surface area contributed by atoms with Gasteiger partial charge in [-0.25, -0.2) is 4.98 Å². The highest BCUT2D eigenvalue weighted by atomic mass is 16.3. The van der Waals surface area contributed by atoms with Gasteiger partial charge in [0.25, 0.3) is 0 Å². The van der Waals surface area contributed by atoms with Gasteiger partial charge in [0.1, 0.15) is 5.52 Å². The second-order valence-electron chi connectivity index (χ2n) is 4.65. The fourth-order valence-electron chi connectivity index (χ4n) is 2.51. The molecule has 0 amide bonds. The predicted molar refractivity (Wildman–Crippen MR) is 63.5 cm³/mol. The lowest BCUT2D eigenvalue weighted by Gasteiger charge is -2.38. The van der Waals surface area contributed by atoms with Crippen LogP contribution >= 0.6 is 0 Å². The van der Waals surface area contributed by atoms with E-state index < -0.39 is 0 Å². The van der Waals surface area contributed by atoms with Crippen LogP contribution in [0.4, 0.5) is 0 Å². The van der Waals surface area contributed by atoms with E-state index in [0.29, 0.717) is 0 Å². The molecule has 2 aromatic rings. The number of benzene rings is 1. The number of rotatable bonds is 3. The molecule has 0 aliphatic heterocycles. The van der Waals surface area contributed by atoms with E-state index >= 15 is 0 Å². The average molecular weight is 216 g/mol. The van der Waals surface area contributed by atoms with Gasteiger partial charge in [-0.15, -0.1) is 0 Å². The van der Waals surface area contributed by atoms with Crippen LogP contribution in [0, 0.1) is 0 Å². The van der Waals surface area contributed by atoms with Crippen molar-refractivity contribution >= 4 is 11.1 Å². The minimum absolute atomic E-state index is 0.147. The number of nitrogens with one attached hydrogen (secondary N) is 1. The molecule has 1 heterocycles. The maximum absolute atomic E-state index is 5.88. The summed E-state index contributed by atoms with van der Waals surface area (Å²) in [7, 11) is 1.99. The zero-order chi connectivity index (χ0) is 11.0. The third kappa shape index (κ3) is 1.35. The van der Waals surface area contributed by atoms with Crippen molar-refractivity contribution in [3.63, 3.8) is 0 Å². The molecule has 3 nitrogen and oxygen atoms in total. The molecule has 1 fully saturated rings. The zero-order valence-corrected chi connectivity index (χ0v) is 9.49. The molecular weight excluding hydrogens is 200 g/mol. The fourth-order valence-corrected chi connectivity index (χ4v) is 2.51. The van der Waals surface area contributed by atoms with Gasteiger partial charge < -0.3 is 9.73 Å². The second kappa shape index (κ2) is 3.59. The maximum Gasteiger partial charge on any atom is 0.202 e. The first-order valence-electron chi connectivity index (χ1n) is 5.85. The topological polar surface area (TPSA) is 38.1 Å². The summed E-state index contributed by atoms with van der Waals surface area (Å²) in [5.74, 6) is 0.911. The van der Waals surface area contributed by atoms with Gasteiger partial charge in [0.05, 0.1) is 5.41 Å². The summed E-state index contributed by atoms with van der Waals surface area (Å²) in [5.41, 5.74) is 2.02. The summed E-state index contributed by atoms with van der Waals surface area (Å²) in [6, 6.07) is 7.98. The maximum atomic E-state index is 5.88. The largest absolute Gasteiger partial charge is 0.440 e. The average Bonchev–Trinajstić information content (AvgIpc) is 2.66. The van der Waals surface area contributed by atoms with Crippen LogP contribution < -0.4 is 5.32 Å². The van der Waals surface area contributed by atoms with E-state index in [2.05, 4.69) is 10.3 Å². The summed E-state index contributed by atoms with van der Waals surface area (Å²) in [4.78, 5) is 4.62. The molecule has 1 saturated carbocycles. The molecule has 1 aliphatic carbocycles. The van der Waals surface area contributed by atoms with Gasteiger partial charge in [0.15, 0.2) is 5.58 Å². The van der Waals surface area contributed by atoms with E-state index in [1.54, 1.807) is 0 Å². The minimum atomic E-state index is 0.147. The molecular formula is C13H16N2O. The molecule has 84 valence electrons. The fraction of sp³-hybridized carbons (Fsp3) is 0.462. The lowest BCUT2D eigenvalue weighted by Crippen LogP contribution is -2.43. The Morgan fingerprint density at radius 1 is 1.38 bits per heavy atom. The van der Waals surface area contributed by atoms with Crippen molar-refractivity contribution in [3.05, 3.63) is 30.2 Å². The Hall–Kier alpha value is -1.35. The van der Waals surface area contributed by atoms with Gasteiger partial charge >= 0.3 is 0 Å². The number of hydrogen-bond acceptors (Lipinski definition) is 3. The molecule has 0 radical (unpaired) electrons. The molecule has 0 spiro atoms. The van der Waals surface area contributed by atoms with Crippen molar-refractivity contribution in [3.8, 4) is 0 Å². The van der Waals surface area contributed by atoms with Crippen molar-refractivity contribution in [2.45, 2.75) is 24.7 Å². The number of nitrogens with zero attached hydrogens (tertiary/aromatic N) is 1. The smallest absolute Gasteiger partial charge is 0.202 e. The summed E-state index contributed by atoms with van der Waals surface area (Å²) < 4.78 is 5.88. The lowest BCUT2D eigenvalue weighted by molar-refractivity contribution is 0.192. The van der Waals surface area contributed by atoms with Crippen molar-refractivity contribution < 1.29 is 4.42 Å². The summed E-state index contributed by atoms with van der Waals surface area (Å²) in [6.45, 7) is 0.958. The van der Waals surface area contributed by atoms with Crippen LogP contribution in [0.3, 0.4) is 0 Å². The Kier molecular flexibility index (Phi) is 2.21. The standard InChI is InChI=1S/C13H16N2O/c1-14-9-13(7-4-8-13)12-15-10-5-2-3-6-11(10)16-12/h2-3,5-6,14H,4,7-9H2,1H3. The molecule has 1 aliphatic rings. The molecule has 1 N–H and O–H groups in total. The van der Waals surface area contributed by atoms with Crippen LogP contribution in [0.1, 0.15) is 25.2 Å². The molecule has 1 aromatic heterocycles. The number of aromatic nitrogens is 1. The Labute approximate surface area is 94.9 Å². The molecule has 0 unspecified atom stereocenters. The van der Waals surface area contributed by atoms with E-state index in [4.69, 9.17) is 4.42 Å². The highest BCUT2D eigenvalue weighted by Crippen LogP contribution is 2.43. The van der Waals surface area contributed by atoms with Gasteiger partial charge in [-0.05, 0) is 32.0 Å². The zero-order valence-electron chi connectivity index (χ0n) is 9.49. The van der Waals surface area contributed by atoms with Crippen molar-refractivity contribution in [2.24, 2.45) is 0 Å². The van der Waals surface area contributed by atoms with E-state index in [0.717, 1.165) is 23.5 Å². The van der Waals surface area contributed by atoms with E-state index in [-0.39, 0.29) is 5.41 Å². The van der Waals surface area contributed by atoms with Gasteiger partial charge in [0, 0.05) is 6.54 Å². The summed E-state index contributed by atoms with van der Waals surface area (Å²) >= 11 is 0. The highest BCUT2D eigenvalue weighted by Gasteiger charge is 2.42. The van der Waals surface area contributed by atoms with Crippen LogP contribution in [0.5, 0.6) is 0 Å². The molecule has 1 aromatic carbocycles. The summed E-state index contributed by atoms with van der Waals surface area (Å²) in [6.07, 6.45) is 3.64. The molecule has 0 bridgehead atoms. The molecule has 0 atom stereocenters. The molecule has 3 rings (SSSR count). The number of likely N-dealkylation sites (N-methyl/N-ethyl adjacent to an activating group) is 1. The molecule has 3 heteroatoms. The Balaban J connectivity index is 2.04. The SMILES string of the molecule is CNCC1(c2nc3ccccc3o2)CCC1. The Morgan fingerprint density at radius 2 is 2.19 bits per heavy atom. The normalized spacial score (nSPS) is 18.6. The quantitative estimate of drug-likeness (QED) is 0.856. The monoisotopic (exact) mass is 216 g/mol. The van der Waals surface area contributed by atoms with E-state index in [9.17, 15) is 0 Å². The number of oxazole rings is 1. The third-order valence-electron chi connectivity index (χ3n) is 3.57. The lowest BCUT2D eigenvalue weighted by atomic mass is 9.68. The first-order chi connectivity index (χ1) is 7.84. The van der Waals surface area contributed by atoms with Gasteiger partial charge in [-0.1, -0.05) is 18.6 Å². The highest BCUT2D eigenvalue weighted by molar-refractivity contribution is 5.72. The first kappa shape index (κ1) is 9.85. The van der Waals surface area contributed by atoms with Crippen molar-refractivity contribution in [1.82, 2.24) is 10.3 Å². The molecule has 0 saturated heterocycles. The predicted octanol–water partition coefficient (Wildman–Crippen LogP) is 2.47. The van der Waals surface area contributed by atoms with Gasteiger partial charge in [-0.3, -0.25) is 0 Å². The van der Waals surface area contributed by atoms with Gasteiger partial charge in [0.2, 0.25) is 5.89 Å². The second-order valence-corrected chi connectivity index (χ2v) is 4.65. The van der Waals surface area contributed by atoms with Crippen molar-refractivity contribution in [2.75, 3.05) is 13.6 Å². The number of para-hydroxylation sites is 2. The van der Waals surface area contributed by atoms with Crippen LogP contribution in [0.15, 0.2) is 28.7 Å². The van der Waals surface area contributed by atoms with Gasteiger partial charge in [-0.2, -0.15) is 0 Å². The van der Waals surface area contributed by atoms with Crippen LogP contribution in [-0.4, -0.2) is 18.6 Å². The Bertz CT molecular complexity index is 466. The van der Waals surface area contributed by atoms with Crippen LogP contribution in [0.25, 0.3) is 11.1 Å². The van der Waals surface area contributed by atoms with Crippen molar-refractivity contribution in [1.29, 1.82) is 0 Å². The van der Waals surface area contributed by atoms with Crippen LogP contribution in [0.2, 0.25) is 0 Å². The number of fused-ring (bicyclic) bond motifs is 1. The summed E-state index contributed by atoms with van der Waals surface area (Å²) in [5, 5.41) is 3.25. The Morgan fingerprint density at radius 3 is 2.81 bits per heavy atom. The van der Waals surface area contributed by atoms with E-state index in [1.165, 1.54) is 19.3 Å². The van der Waals surface area contributed by atoms with E-state index in [1.807, 2.05) is 31.3 Å². The third-order valence-corrected chi connectivity index (χ3v) is 3.57. The molecule has 16 heavy (non-hydrogen) atoms. The first-order valence-corrected chi connectivity index (χ1v) is 5.85.